The Bertz CT molecular complexity index is 1470. The van der Waals surface area contributed by atoms with E-state index < -0.39 is 11.9 Å². The van der Waals surface area contributed by atoms with Crippen LogP contribution in [0.1, 0.15) is 16.2 Å². The van der Waals surface area contributed by atoms with Crippen molar-refractivity contribution < 1.29 is 13.6 Å². The van der Waals surface area contributed by atoms with E-state index >= 15 is 0 Å². The number of rotatable bonds is 5. The molecule has 0 atom stereocenters. The molecule has 0 aliphatic carbocycles. The van der Waals surface area contributed by atoms with Crippen LogP contribution in [0.2, 0.25) is 0 Å². The molecule has 0 aliphatic heterocycles. The molecular weight excluding hydrogens is 425 g/mol. The average molecular weight is 441 g/mol. The Labute approximate surface area is 186 Å². The molecule has 4 heterocycles. The summed E-state index contributed by atoms with van der Waals surface area (Å²) in [5, 5.41) is 3.53. The van der Waals surface area contributed by atoms with Crippen LogP contribution in [-0.2, 0) is 6.54 Å². The second kappa shape index (κ2) is 8.42. The molecule has 0 unspecified atom stereocenters. The lowest BCUT2D eigenvalue weighted by molar-refractivity contribution is 0.0946. The average Bonchev–Trinajstić information content (AvgIpc) is 3.37. The molecule has 3 N–H and O–H groups in total. The van der Waals surface area contributed by atoms with Crippen LogP contribution in [0.15, 0.2) is 71.6 Å². The maximum atomic E-state index is 13.3. The maximum absolute atomic E-state index is 13.3. The van der Waals surface area contributed by atoms with Gasteiger partial charge in [-0.15, -0.1) is 0 Å². The number of carbonyl (C=O) groups excluding carboxylic acids is 1. The first-order valence-electron chi connectivity index (χ1n) is 9.90. The molecule has 1 amide bonds. The summed E-state index contributed by atoms with van der Waals surface area (Å²) in [7, 11) is 0. The van der Waals surface area contributed by atoms with E-state index in [0.717, 1.165) is 10.9 Å². The number of hydrogen-bond acceptors (Lipinski definition) is 8. The number of carbonyl (C=O) groups is 1. The first kappa shape index (κ1) is 20.2. The van der Waals surface area contributed by atoms with E-state index in [0.29, 0.717) is 22.6 Å². The van der Waals surface area contributed by atoms with E-state index in [2.05, 4.69) is 30.2 Å². The molecule has 5 rings (SSSR count). The third-order valence-electron chi connectivity index (χ3n) is 4.85. The molecule has 4 aromatic heterocycles. The fourth-order valence-electron chi connectivity index (χ4n) is 3.33. The summed E-state index contributed by atoms with van der Waals surface area (Å²) in [6.45, 7) is -0.00379. The van der Waals surface area contributed by atoms with Crippen molar-refractivity contribution in [3.05, 3.63) is 84.5 Å². The van der Waals surface area contributed by atoms with Gasteiger partial charge in [-0.25, -0.2) is 19.9 Å². The number of nitrogens with zero attached hydrogens (tertiary/aromatic N) is 5. The normalized spacial score (nSPS) is 10.9. The topological polar surface area (TPSA) is 133 Å². The number of nitrogen functional groups attached to an aromatic ring is 1. The van der Waals surface area contributed by atoms with Crippen molar-refractivity contribution in [3.63, 3.8) is 0 Å². The summed E-state index contributed by atoms with van der Waals surface area (Å²) in [5.74, 6) is -1.09. The third-order valence-corrected chi connectivity index (χ3v) is 4.85. The minimum Gasteiger partial charge on any atom is -0.443 e. The Morgan fingerprint density at radius 2 is 1.91 bits per heavy atom. The van der Waals surface area contributed by atoms with Gasteiger partial charge in [0.25, 0.3) is 5.91 Å². The number of hydrogen-bond donors (Lipinski definition) is 2. The lowest BCUT2D eigenvalue weighted by Gasteiger charge is -2.12. The first-order valence-corrected chi connectivity index (χ1v) is 9.90. The number of halogens is 1. The van der Waals surface area contributed by atoms with Crippen molar-refractivity contribution in [3.8, 4) is 22.8 Å². The number of anilines is 1. The smallest absolute Gasteiger partial charge is 0.274 e. The van der Waals surface area contributed by atoms with Crippen molar-refractivity contribution in [1.29, 1.82) is 0 Å². The molecule has 0 fully saturated rings. The molecule has 0 bridgehead atoms. The first-order chi connectivity index (χ1) is 16.1. The van der Waals surface area contributed by atoms with Gasteiger partial charge in [0, 0.05) is 17.1 Å². The van der Waals surface area contributed by atoms with Crippen molar-refractivity contribution in [1.82, 2.24) is 30.2 Å². The zero-order valence-corrected chi connectivity index (χ0v) is 17.1. The standard InChI is InChI=1S/C23H16FN7O2/c24-17-5-1-4-15(29-17)12-28-22(32)20-21(25)31-19(23-27-9-10-33-23)18(30-20)14-6-7-16-13(11-14)3-2-8-26-16/h1-11H,12H2,(H2,25,31)(H,28,32). The Kier molecular flexibility index (Phi) is 5.15. The number of amides is 1. The highest BCUT2D eigenvalue weighted by Gasteiger charge is 2.22. The number of oxazole rings is 1. The van der Waals surface area contributed by atoms with Gasteiger partial charge in [0.2, 0.25) is 11.8 Å². The summed E-state index contributed by atoms with van der Waals surface area (Å²) in [6, 6.07) is 13.6. The molecular formula is C23H16FN7O2. The largest absolute Gasteiger partial charge is 0.443 e. The van der Waals surface area contributed by atoms with Gasteiger partial charge in [-0.1, -0.05) is 18.2 Å². The Morgan fingerprint density at radius 1 is 1.00 bits per heavy atom. The van der Waals surface area contributed by atoms with Gasteiger partial charge in [0.15, 0.2) is 17.2 Å². The van der Waals surface area contributed by atoms with Crippen LogP contribution in [0.5, 0.6) is 0 Å². The monoisotopic (exact) mass is 441 g/mol. The number of pyridine rings is 2. The molecule has 162 valence electrons. The lowest BCUT2D eigenvalue weighted by atomic mass is 10.1. The van der Waals surface area contributed by atoms with E-state index in [4.69, 9.17) is 10.2 Å². The number of nitrogens with one attached hydrogen (secondary N) is 1. The highest BCUT2D eigenvalue weighted by molar-refractivity contribution is 5.98. The number of fused-ring (bicyclic) bond motifs is 1. The Morgan fingerprint density at radius 3 is 2.73 bits per heavy atom. The van der Waals surface area contributed by atoms with Crippen molar-refractivity contribution in [2.45, 2.75) is 6.54 Å². The minimum atomic E-state index is -0.635. The van der Waals surface area contributed by atoms with Gasteiger partial charge in [-0.3, -0.25) is 9.78 Å². The highest BCUT2D eigenvalue weighted by Crippen LogP contribution is 2.31. The number of benzene rings is 1. The number of aromatic nitrogens is 5. The SMILES string of the molecule is Nc1nc(-c2ncco2)c(-c2ccc3ncccc3c2)nc1C(=O)NCc1cccc(F)n1. The van der Waals surface area contributed by atoms with Gasteiger partial charge in [0.1, 0.15) is 12.0 Å². The van der Waals surface area contributed by atoms with Crippen LogP contribution in [0, 0.1) is 5.95 Å². The van der Waals surface area contributed by atoms with Gasteiger partial charge >= 0.3 is 0 Å². The molecule has 5 aromatic rings. The molecule has 1 aromatic carbocycles. The summed E-state index contributed by atoms with van der Waals surface area (Å²) < 4.78 is 18.7. The summed E-state index contributed by atoms with van der Waals surface area (Å²) >= 11 is 0. The maximum Gasteiger partial charge on any atom is 0.274 e. The summed E-state index contributed by atoms with van der Waals surface area (Å²) in [6.07, 6.45) is 4.60. The number of nitrogens with two attached hydrogens (primary N) is 1. The lowest BCUT2D eigenvalue weighted by Crippen LogP contribution is -2.26. The van der Waals surface area contributed by atoms with Crippen LogP contribution < -0.4 is 11.1 Å². The zero-order chi connectivity index (χ0) is 22.8. The fourth-order valence-corrected chi connectivity index (χ4v) is 3.33. The minimum absolute atomic E-state index is 0.00379. The van der Waals surface area contributed by atoms with Crippen LogP contribution >= 0.6 is 0 Å². The molecule has 0 aliphatic rings. The molecule has 0 saturated heterocycles. The molecule has 10 heteroatoms. The Balaban J connectivity index is 1.56. The van der Waals surface area contributed by atoms with Crippen molar-refractivity contribution >= 4 is 22.6 Å². The van der Waals surface area contributed by atoms with E-state index in [1.165, 1.54) is 24.6 Å². The highest BCUT2D eigenvalue weighted by atomic mass is 19.1. The zero-order valence-electron chi connectivity index (χ0n) is 17.1. The van der Waals surface area contributed by atoms with Gasteiger partial charge in [-0.05, 0) is 30.3 Å². The van der Waals surface area contributed by atoms with Crippen LogP contribution in [0.4, 0.5) is 10.2 Å². The molecule has 0 saturated carbocycles. The quantitative estimate of drug-likeness (QED) is 0.397. The van der Waals surface area contributed by atoms with E-state index in [-0.39, 0.29) is 23.9 Å². The van der Waals surface area contributed by atoms with E-state index in [1.54, 1.807) is 12.3 Å². The van der Waals surface area contributed by atoms with Gasteiger partial charge < -0.3 is 15.5 Å². The van der Waals surface area contributed by atoms with Gasteiger partial charge in [0.05, 0.1) is 24.0 Å². The molecule has 0 radical (unpaired) electrons. The Hall–Kier alpha value is -4.73. The summed E-state index contributed by atoms with van der Waals surface area (Å²) in [4.78, 5) is 33.9. The summed E-state index contributed by atoms with van der Waals surface area (Å²) in [5.41, 5.74) is 8.49. The van der Waals surface area contributed by atoms with E-state index in [9.17, 15) is 9.18 Å². The van der Waals surface area contributed by atoms with Crippen molar-refractivity contribution in [2.75, 3.05) is 5.73 Å². The van der Waals surface area contributed by atoms with E-state index in [1.807, 2.05) is 30.3 Å². The van der Waals surface area contributed by atoms with Crippen LogP contribution in [0.3, 0.4) is 0 Å². The second-order valence-corrected chi connectivity index (χ2v) is 7.04. The molecule has 9 nitrogen and oxygen atoms in total. The third kappa shape index (κ3) is 4.09. The molecule has 33 heavy (non-hydrogen) atoms. The fraction of sp³-hybridized carbons (Fsp3) is 0.0435. The van der Waals surface area contributed by atoms with Crippen LogP contribution in [-0.4, -0.2) is 30.8 Å². The predicted octanol–water partition coefficient (Wildman–Crippen LogP) is 3.39. The molecule has 0 spiro atoms. The van der Waals surface area contributed by atoms with Gasteiger partial charge in [-0.2, -0.15) is 4.39 Å². The predicted molar refractivity (Wildman–Crippen MR) is 118 cm³/mol. The van der Waals surface area contributed by atoms with Crippen molar-refractivity contribution in [2.24, 2.45) is 0 Å². The van der Waals surface area contributed by atoms with Crippen LogP contribution in [0.25, 0.3) is 33.7 Å². The second-order valence-electron chi connectivity index (χ2n) is 7.04.